The number of hydrogen-bond acceptors (Lipinski definition) is 2. The van der Waals surface area contributed by atoms with Crippen LogP contribution in [0.5, 0.6) is 0 Å². The zero-order valence-corrected chi connectivity index (χ0v) is 12.6. The van der Waals surface area contributed by atoms with Crippen LogP contribution in [-0.2, 0) is 13.0 Å². The number of nitrogen functional groups attached to an aromatic ring is 1. The van der Waals surface area contributed by atoms with E-state index in [1.807, 2.05) is 29.1 Å². The monoisotopic (exact) mass is 315 g/mol. The molecule has 22 heavy (non-hydrogen) atoms. The molecule has 0 aliphatic rings. The molecule has 0 aliphatic heterocycles. The topological polar surface area (TPSA) is 43.8 Å². The molecule has 1 aromatic heterocycles. The summed E-state index contributed by atoms with van der Waals surface area (Å²) in [6.07, 6.45) is 4.42. The van der Waals surface area contributed by atoms with Crippen LogP contribution in [-0.4, -0.2) is 9.78 Å². The Kier molecular flexibility index (Phi) is 4.11. The normalized spacial score (nSPS) is 10.8. The van der Waals surface area contributed by atoms with Crippen LogP contribution >= 0.6 is 11.6 Å². The molecule has 0 aliphatic carbocycles. The van der Waals surface area contributed by atoms with Crippen molar-refractivity contribution < 1.29 is 4.39 Å². The van der Waals surface area contributed by atoms with Crippen molar-refractivity contribution in [3.63, 3.8) is 0 Å². The van der Waals surface area contributed by atoms with Gasteiger partial charge in [0.05, 0.1) is 16.9 Å². The van der Waals surface area contributed by atoms with Crippen LogP contribution < -0.4 is 5.73 Å². The minimum atomic E-state index is -0.587. The third kappa shape index (κ3) is 2.97. The summed E-state index contributed by atoms with van der Waals surface area (Å²) in [5.74, 6) is -0.587. The number of nitrogens with two attached hydrogens (primary N) is 1. The summed E-state index contributed by atoms with van der Waals surface area (Å²) < 4.78 is 15.6. The van der Waals surface area contributed by atoms with Crippen molar-refractivity contribution in [2.75, 3.05) is 5.73 Å². The molecule has 2 aromatic carbocycles. The van der Waals surface area contributed by atoms with Crippen LogP contribution in [0.1, 0.15) is 5.56 Å². The highest BCUT2D eigenvalue weighted by atomic mass is 35.5. The van der Waals surface area contributed by atoms with Gasteiger partial charge in [0.25, 0.3) is 0 Å². The van der Waals surface area contributed by atoms with Gasteiger partial charge in [-0.3, -0.25) is 4.68 Å². The summed E-state index contributed by atoms with van der Waals surface area (Å²) in [6, 6.07) is 13.4. The van der Waals surface area contributed by atoms with Crippen molar-refractivity contribution in [3.05, 3.63) is 71.3 Å². The molecule has 3 rings (SSSR count). The Morgan fingerprint density at radius 3 is 2.68 bits per heavy atom. The Balaban J connectivity index is 1.78. The van der Waals surface area contributed by atoms with Crippen molar-refractivity contribution in [1.29, 1.82) is 0 Å². The first-order valence-corrected chi connectivity index (χ1v) is 7.33. The highest BCUT2D eigenvalue weighted by Gasteiger charge is 2.12. The van der Waals surface area contributed by atoms with E-state index in [1.54, 1.807) is 12.3 Å². The lowest BCUT2D eigenvalue weighted by Crippen LogP contribution is -2.01. The van der Waals surface area contributed by atoms with E-state index in [0.29, 0.717) is 5.56 Å². The second kappa shape index (κ2) is 6.20. The van der Waals surface area contributed by atoms with E-state index in [-0.39, 0.29) is 10.7 Å². The molecule has 0 bridgehead atoms. The van der Waals surface area contributed by atoms with E-state index in [2.05, 4.69) is 17.2 Å². The van der Waals surface area contributed by atoms with Crippen LogP contribution in [0.2, 0.25) is 5.02 Å². The van der Waals surface area contributed by atoms with Crippen molar-refractivity contribution >= 4 is 17.3 Å². The lowest BCUT2D eigenvalue weighted by Gasteiger charge is -2.05. The molecule has 3 aromatic rings. The third-order valence-corrected chi connectivity index (χ3v) is 3.90. The first-order chi connectivity index (χ1) is 10.6. The average molecular weight is 316 g/mol. The molecule has 0 atom stereocenters. The van der Waals surface area contributed by atoms with Gasteiger partial charge in [0, 0.05) is 23.9 Å². The standard InChI is InChI=1S/C17H15ClFN3/c18-16-14(6-7-15(20)17(16)19)13-10-21-22(11-13)9-8-12-4-2-1-3-5-12/h1-7,10-11H,8-9,20H2. The van der Waals surface area contributed by atoms with Gasteiger partial charge >= 0.3 is 0 Å². The number of anilines is 1. The average Bonchev–Trinajstić information content (AvgIpc) is 3.00. The molecule has 5 heteroatoms. The van der Waals surface area contributed by atoms with Gasteiger partial charge in [0.1, 0.15) is 0 Å². The Bertz CT molecular complexity index is 784. The zero-order valence-electron chi connectivity index (χ0n) is 11.8. The maximum absolute atomic E-state index is 13.8. The van der Waals surface area contributed by atoms with Crippen LogP contribution in [0.15, 0.2) is 54.9 Å². The molecule has 2 N–H and O–H groups in total. The number of benzene rings is 2. The van der Waals surface area contributed by atoms with Crippen LogP contribution in [0.3, 0.4) is 0 Å². The van der Waals surface area contributed by atoms with Gasteiger partial charge in [-0.1, -0.05) is 48.0 Å². The first kappa shape index (κ1) is 14.6. The molecule has 0 fully saturated rings. The molecule has 3 nitrogen and oxygen atoms in total. The van der Waals surface area contributed by atoms with E-state index < -0.39 is 5.82 Å². The van der Waals surface area contributed by atoms with Crippen LogP contribution in [0.4, 0.5) is 10.1 Å². The largest absolute Gasteiger partial charge is 0.396 e. The van der Waals surface area contributed by atoms with E-state index in [0.717, 1.165) is 18.5 Å². The van der Waals surface area contributed by atoms with Crippen molar-refractivity contribution in [1.82, 2.24) is 9.78 Å². The summed E-state index contributed by atoms with van der Waals surface area (Å²) in [5.41, 5.74) is 8.17. The zero-order chi connectivity index (χ0) is 15.5. The summed E-state index contributed by atoms with van der Waals surface area (Å²) in [5, 5.41) is 4.34. The minimum Gasteiger partial charge on any atom is -0.396 e. The van der Waals surface area contributed by atoms with Gasteiger partial charge in [-0.25, -0.2) is 4.39 Å². The fourth-order valence-electron chi connectivity index (χ4n) is 2.30. The van der Waals surface area contributed by atoms with Gasteiger partial charge in [0.15, 0.2) is 5.82 Å². The van der Waals surface area contributed by atoms with Crippen molar-refractivity contribution in [2.24, 2.45) is 0 Å². The number of hydrogen-bond donors (Lipinski definition) is 1. The number of nitrogens with zero attached hydrogens (tertiary/aromatic N) is 2. The van der Waals surface area contributed by atoms with Gasteiger partial charge in [-0.05, 0) is 18.1 Å². The quantitative estimate of drug-likeness (QED) is 0.734. The second-order valence-electron chi connectivity index (χ2n) is 5.06. The Hall–Kier alpha value is -2.33. The summed E-state index contributed by atoms with van der Waals surface area (Å²) in [7, 11) is 0. The molecule has 0 spiro atoms. The predicted octanol–water partition coefficient (Wildman–Crippen LogP) is 4.17. The maximum atomic E-state index is 13.8. The van der Waals surface area contributed by atoms with E-state index in [4.69, 9.17) is 17.3 Å². The van der Waals surface area contributed by atoms with Crippen molar-refractivity contribution in [2.45, 2.75) is 13.0 Å². The summed E-state index contributed by atoms with van der Waals surface area (Å²) in [6.45, 7) is 0.749. The van der Waals surface area contributed by atoms with E-state index >= 15 is 0 Å². The van der Waals surface area contributed by atoms with Gasteiger partial charge in [-0.2, -0.15) is 5.10 Å². The number of rotatable bonds is 4. The number of aromatic nitrogens is 2. The Morgan fingerprint density at radius 2 is 1.91 bits per heavy atom. The Morgan fingerprint density at radius 1 is 1.14 bits per heavy atom. The van der Waals surface area contributed by atoms with Gasteiger partial charge in [0.2, 0.25) is 0 Å². The molecular formula is C17H15ClFN3. The molecule has 0 unspecified atom stereocenters. The molecule has 112 valence electrons. The lowest BCUT2D eigenvalue weighted by atomic mass is 10.1. The van der Waals surface area contributed by atoms with Gasteiger partial charge < -0.3 is 5.73 Å². The second-order valence-corrected chi connectivity index (χ2v) is 5.44. The molecule has 0 saturated heterocycles. The van der Waals surface area contributed by atoms with E-state index in [1.165, 1.54) is 11.6 Å². The highest BCUT2D eigenvalue weighted by Crippen LogP contribution is 2.32. The summed E-state index contributed by atoms with van der Waals surface area (Å²) in [4.78, 5) is 0. The maximum Gasteiger partial charge on any atom is 0.165 e. The highest BCUT2D eigenvalue weighted by molar-refractivity contribution is 6.33. The third-order valence-electron chi connectivity index (χ3n) is 3.53. The summed E-state index contributed by atoms with van der Waals surface area (Å²) >= 11 is 6.02. The Labute approximate surface area is 133 Å². The predicted molar refractivity (Wildman–Crippen MR) is 87.2 cm³/mol. The SMILES string of the molecule is Nc1ccc(-c2cnn(CCc3ccccc3)c2)c(Cl)c1F. The number of aryl methyl sites for hydroxylation is 2. The molecular weight excluding hydrogens is 301 g/mol. The van der Waals surface area contributed by atoms with Crippen LogP contribution in [0.25, 0.3) is 11.1 Å². The number of halogens is 2. The molecule has 0 amide bonds. The molecule has 0 saturated carbocycles. The first-order valence-electron chi connectivity index (χ1n) is 6.95. The van der Waals surface area contributed by atoms with Crippen LogP contribution in [0, 0.1) is 5.82 Å². The fraction of sp³-hybridized carbons (Fsp3) is 0.118. The lowest BCUT2D eigenvalue weighted by molar-refractivity contribution is 0.615. The molecule has 1 heterocycles. The van der Waals surface area contributed by atoms with Gasteiger partial charge in [-0.15, -0.1) is 0 Å². The van der Waals surface area contributed by atoms with Crippen molar-refractivity contribution in [3.8, 4) is 11.1 Å². The molecule has 0 radical (unpaired) electrons. The smallest absolute Gasteiger partial charge is 0.165 e. The fourth-order valence-corrected chi connectivity index (χ4v) is 2.58. The van der Waals surface area contributed by atoms with E-state index in [9.17, 15) is 4.39 Å². The minimum absolute atomic E-state index is 0.0302.